The zero-order chi connectivity index (χ0) is 30.6. The summed E-state index contributed by atoms with van der Waals surface area (Å²) in [5.74, 6) is -0.702. The van der Waals surface area contributed by atoms with E-state index < -0.39 is 29.3 Å². The molecule has 0 aliphatic heterocycles. The summed E-state index contributed by atoms with van der Waals surface area (Å²) in [6.07, 6.45) is -0.417. The number of alkyl halides is 3. The number of nitrogens with zero attached hydrogens (tertiary/aromatic N) is 5. The molecular weight excluding hydrogens is 575 g/mol. The van der Waals surface area contributed by atoms with Crippen molar-refractivity contribution in [3.05, 3.63) is 57.6 Å². The van der Waals surface area contributed by atoms with E-state index in [1.165, 1.54) is 30.7 Å². The molecule has 0 aliphatic rings. The number of esters is 1. The van der Waals surface area contributed by atoms with Gasteiger partial charge in [0.2, 0.25) is 5.43 Å². The molecule has 0 fully saturated rings. The van der Waals surface area contributed by atoms with Crippen molar-refractivity contribution in [2.75, 3.05) is 39.1 Å². The van der Waals surface area contributed by atoms with E-state index in [1.54, 1.807) is 18.4 Å². The number of ether oxygens (including phenoxy) is 1. The second kappa shape index (κ2) is 12.7. The molecule has 2 amide bonds. The molecule has 15 heteroatoms. The van der Waals surface area contributed by atoms with E-state index >= 15 is 0 Å². The van der Waals surface area contributed by atoms with Crippen LogP contribution in [0.5, 0.6) is 0 Å². The van der Waals surface area contributed by atoms with Crippen LogP contribution < -0.4 is 16.1 Å². The molecular formula is C27H28F3N7O4S. The van der Waals surface area contributed by atoms with Crippen molar-refractivity contribution >= 4 is 40.2 Å². The van der Waals surface area contributed by atoms with Gasteiger partial charge in [0.25, 0.3) is 0 Å². The molecule has 0 spiro atoms. The van der Waals surface area contributed by atoms with Crippen LogP contribution in [0.25, 0.3) is 32.7 Å². The maximum atomic E-state index is 13.5. The topological polar surface area (TPSA) is 131 Å². The van der Waals surface area contributed by atoms with Crippen LogP contribution in [0.15, 0.2) is 40.9 Å². The van der Waals surface area contributed by atoms with Crippen molar-refractivity contribution in [3.63, 3.8) is 0 Å². The Morgan fingerprint density at radius 3 is 2.52 bits per heavy atom. The SMILES string of the molecule is CCNC(=O)Nc1cc(-c2nc(C(F)(F)F)cs2)c(-c2cnc3c(c2)c(=O)c(C(=O)OCC)cn3CCN(C)C)cn1. The van der Waals surface area contributed by atoms with Crippen LogP contribution in [-0.2, 0) is 17.5 Å². The molecule has 0 atom stereocenters. The van der Waals surface area contributed by atoms with E-state index in [9.17, 15) is 27.6 Å². The summed E-state index contributed by atoms with van der Waals surface area (Å²) in [4.78, 5) is 52.6. The van der Waals surface area contributed by atoms with Crippen molar-refractivity contribution in [1.29, 1.82) is 0 Å². The largest absolute Gasteiger partial charge is 0.462 e. The molecule has 0 bridgehead atoms. The zero-order valence-corrected chi connectivity index (χ0v) is 24.0. The Labute approximate surface area is 242 Å². The number of nitrogens with one attached hydrogen (secondary N) is 2. The number of likely N-dealkylation sites (N-methyl/N-ethyl adjacent to an activating group) is 1. The van der Waals surface area contributed by atoms with Crippen LogP contribution in [0.4, 0.5) is 23.8 Å². The van der Waals surface area contributed by atoms with Crippen LogP contribution in [0, 0.1) is 0 Å². The van der Waals surface area contributed by atoms with Gasteiger partial charge in [0.1, 0.15) is 22.0 Å². The highest BCUT2D eigenvalue weighted by Gasteiger charge is 2.34. The first kappa shape index (κ1) is 30.6. The van der Waals surface area contributed by atoms with Crippen LogP contribution in [0.2, 0.25) is 0 Å². The molecule has 4 aromatic heterocycles. The second-order valence-electron chi connectivity index (χ2n) is 9.32. The number of aromatic nitrogens is 4. The minimum Gasteiger partial charge on any atom is -0.462 e. The van der Waals surface area contributed by atoms with Gasteiger partial charge in [-0.3, -0.25) is 10.1 Å². The summed E-state index contributed by atoms with van der Waals surface area (Å²) in [6, 6.07) is 2.36. The maximum Gasteiger partial charge on any atom is 0.434 e. The van der Waals surface area contributed by atoms with Crippen LogP contribution in [0.3, 0.4) is 0 Å². The highest BCUT2D eigenvalue weighted by molar-refractivity contribution is 7.13. The van der Waals surface area contributed by atoms with Gasteiger partial charge in [-0.2, -0.15) is 13.2 Å². The maximum absolute atomic E-state index is 13.5. The third kappa shape index (κ3) is 6.74. The van der Waals surface area contributed by atoms with Gasteiger partial charge in [-0.25, -0.2) is 24.5 Å². The Bertz CT molecular complexity index is 1680. The molecule has 2 N–H and O–H groups in total. The number of hydrogen-bond acceptors (Lipinski definition) is 9. The number of carbonyl (C=O) groups excluding carboxylic acids is 2. The van der Waals surface area contributed by atoms with Crippen LogP contribution in [-0.4, -0.2) is 70.2 Å². The number of fused-ring (bicyclic) bond motifs is 1. The standard InChI is InChI=1S/C27H28F3N7O4S/c1-5-31-26(40)35-21-10-16(24-34-20(14-42-24)27(28,29)30)18(12-32-21)15-9-17-22(38)19(25(39)41-6-2)13-37(8-7-36(3)4)23(17)33-11-15/h9-14H,5-8H2,1-4H3,(H2,31,32,35,40). The van der Waals surface area contributed by atoms with Crippen LogP contribution >= 0.6 is 11.3 Å². The summed E-state index contributed by atoms with van der Waals surface area (Å²) in [5, 5.41) is 6.12. The van der Waals surface area contributed by atoms with E-state index in [0.29, 0.717) is 36.4 Å². The minimum atomic E-state index is -4.66. The average Bonchev–Trinajstić information content (AvgIpc) is 3.44. The highest BCUT2D eigenvalue weighted by atomic mass is 32.1. The lowest BCUT2D eigenvalue weighted by Crippen LogP contribution is -2.28. The number of hydrogen-bond donors (Lipinski definition) is 2. The van der Waals surface area contributed by atoms with Crippen molar-refractivity contribution in [1.82, 2.24) is 29.7 Å². The lowest BCUT2D eigenvalue weighted by molar-refractivity contribution is -0.140. The molecule has 0 saturated carbocycles. The monoisotopic (exact) mass is 603 g/mol. The number of thiazole rings is 1. The third-order valence-corrected chi connectivity index (χ3v) is 6.89. The minimum absolute atomic E-state index is 0.0161. The molecule has 11 nitrogen and oxygen atoms in total. The highest BCUT2D eigenvalue weighted by Crippen LogP contribution is 2.38. The average molecular weight is 604 g/mol. The molecule has 0 saturated heterocycles. The number of anilines is 1. The van der Waals surface area contributed by atoms with Gasteiger partial charge in [0.05, 0.1) is 12.0 Å². The number of rotatable bonds is 9. The predicted molar refractivity (Wildman–Crippen MR) is 153 cm³/mol. The molecule has 4 aromatic rings. The predicted octanol–water partition coefficient (Wildman–Crippen LogP) is 4.48. The summed E-state index contributed by atoms with van der Waals surface area (Å²) in [7, 11) is 3.76. The molecule has 0 radical (unpaired) electrons. The first-order chi connectivity index (χ1) is 19.9. The first-order valence-corrected chi connectivity index (χ1v) is 13.7. The van der Waals surface area contributed by atoms with Crippen molar-refractivity contribution < 1.29 is 27.5 Å². The molecule has 4 heterocycles. The van der Waals surface area contributed by atoms with Gasteiger partial charge in [0, 0.05) is 60.3 Å². The van der Waals surface area contributed by atoms with E-state index in [0.717, 1.165) is 16.7 Å². The van der Waals surface area contributed by atoms with E-state index in [4.69, 9.17) is 4.74 Å². The number of urea groups is 1. The summed E-state index contributed by atoms with van der Waals surface area (Å²) in [5.41, 5.74) is -0.634. The first-order valence-electron chi connectivity index (χ1n) is 12.9. The van der Waals surface area contributed by atoms with Gasteiger partial charge in [-0.1, -0.05) is 0 Å². The molecule has 42 heavy (non-hydrogen) atoms. The Hall–Kier alpha value is -4.37. The Morgan fingerprint density at radius 1 is 1.12 bits per heavy atom. The lowest BCUT2D eigenvalue weighted by Gasteiger charge is -2.16. The fourth-order valence-corrected chi connectivity index (χ4v) is 4.89. The van der Waals surface area contributed by atoms with Gasteiger partial charge in [-0.15, -0.1) is 11.3 Å². The molecule has 222 valence electrons. The van der Waals surface area contributed by atoms with Gasteiger partial charge in [-0.05, 0) is 40.1 Å². The fourth-order valence-electron chi connectivity index (χ4n) is 4.03. The zero-order valence-electron chi connectivity index (χ0n) is 23.2. The molecule has 4 rings (SSSR count). The van der Waals surface area contributed by atoms with E-state index in [2.05, 4.69) is 25.6 Å². The van der Waals surface area contributed by atoms with Crippen molar-refractivity contribution in [3.8, 4) is 21.7 Å². The number of amides is 2. The number of pyridine rings is 3. The Kier molecular flexibility index (Phi) is 9.21. The smallest absolute Gasteiger partial charge is 0.434 e. The Balaban J connectivity index is 1.91. The second-order valence-corrected chi connectivity index (χ2v) is 10.2. The van der Waals surface area contributed by atoms with Gasteiger partial charge < -0.3 is 19.5 Å². The van der Waals surface area contributed by atoms with Crippen LogP contribution in [0.1, 0.15) is 29.9 Å². The Morgan fingerprint density at radius 2 is 1.88 bits per heavy atom. The number of carbonyl (C=O) groups is 2. The summed E-state index contributed by atoms with van der Waals surface area (Å²) < 4.78 is 46.9. The third-order valence-electron chi connectivity index (χ3n) is 6.02. The molecule has 0 unspecified atom stereocenters. The number of halogens is 3. The fraction of sp³-hybridized carbons (Fsp3) is 0.333. The molecule has 0 aliphatic carbocycles. The molecule has 0 aromatic carbocycles. The van der Waals surface area contributed by atoms with E-state index in [1.807, 2.05) is 19.0 Å². The van der Waals surface area contributed by atoms with Gasteiger partial charge >= 0.3 is 18.2 Å². The summed E-state index contributed by atoms with van der Waals surface area (Å²) in [6.45, 7) is 4.78. The lowest BCUT2D eigenvalue weighted by atomic mass is 10.0. The quantitative estimate of drug-likeness (QED) is 0.268. The van der Waals surface area contributed by atoms with Crippen molar-refractivity contribution in [2.45, 2.75) is 26.6 Å². The van der Waals surface area contributed by atoms with Gasteiger partial charge in [0.15, 0.2) is 5.69 Å². The summed E-state index contributed by atoms with van der Waals surface area (Å²) >= 11 is 0.767. The normalized spacial score (nSPS) is 11.6. The van der Waals surface area contributed by atoms with E-state index in [-0.39, 0.29) is 33.9 Å². The van der Waals surface area contributed by atoms with Crippen molar-refractivity contribution in [2.24, 2.45) is 0 Å².